The van der Waals surface area contributed by atoms with Gasteiger partial charge in [0.25, 0.3) is 0 Å². The van der Waals surface area contributed by atoms with Crippen LogP contribution >= 0.6 is 0 Å². The summed E-state index contributed by atoms with van der Waals surface area (Å²) in [4.78, 5) is 11.5. The number of fused-ring (bicyclic) bond motifs is 1. The fraction of sp³-hybridized carbons (Fsp3) is 0.333. The molecule has 1 fully saturated rings. The van der Waals surface area contributed by atoms with Crippen LogP contribution in [0, 0.1) is 0 Å². The highest BCUT2D eigenvalue weighted by atomic mass is 32.2. The lowest BCUT2D eigenvalue weighted by Crippen LogP contribution is -2.36. The molecule has 1 aliphatic heterocycles. The van der Waals surface area contributed by atoms with Gasteiger partial charge in [0.15, 0.2) is 0 Å². The van der Waals surface area contributed by atoms with Gasteiger partial charge in [-0.3, -0.25) is 4.98 Å². The van der Waals surface area contributed by atoms with Gasteiger partial charge in [-0.2, -0.15) is 0 Å². The molecule has 1 aromatic heterocycles. The number of sulfonamides is 1. The summed E-state index contributed by atoms with van der Waals surface area (Å²) in [5.41, 5.74) is 4.48. The van der Waals surface area contributed by atoms with Crippen LogP contribution in [-0.4, -0.2) is 63.1 Å². The Hall–Kier alpha value is -2.55. The zero-order chi connectivity index (χ0) is 20.4. The average molecular weight is 413 g/mol. The Bertz CT molecular complexity index is 1110. The second-order valence-electron chi connectivity index (χ2n) is 7.27. The van der Waals surface area contributed by atoms with E-state index in [0.29, 0.717) is 13.2 Å². The van der Waals surface area contributed by atoms with E-state index in [4.69, 9.17) is 9.72 Å². The van der Waals surface area contributed by atoms with Crippen molar-refractivity contribution < 1.29 is 13.2 Å². The molecule has 0 spiro atoms. The molecular weight excluding hydrogens is 388 g/mol. The van der Waals surface area contributed by atoms with Gasteiger partial charge in [-0.15, -0.1) is 0 Å². The smallest absolute Gasteiger partial charge is 0.217 e. The van der Waals surface area contributed by atoms with Crippen molar-refractivity contribution in [2.45, 2.75) is 5.75 Å². The van der Waals surface area contributed by atoms with E-state index in [1.54, 1.807) is 14.1 Å². The second-order valence-corrected chi connectivity index (χ2v) is 9.45. The van der Waals surface area contributed by atoms with Gasteiger partial charge >= 0.3 is 0 Å². The molecule has 4 rings (SSSR count). The number of aromatic nitrogens is 2. The van der Waals surface area contributed by atoms with Crippen molar-refractivity contribution in [2.24, 2.45) is 0 Å². The van der Waals surface area contributed by atoms with Gasteiger partial charge in [-0.25, -0.2) is 17.7 Å². The van der Waals surface area contributed by atoms with E-state index < -0.39 is 10.0 Å². The van der Waals surface area contributed by atoms with Crippen LogP contribution in [0.4, 0.5) is 5.82 Å². The van der Waals surface area contributed by atoms with Gasteiger partial charge in [0.05, 0.1) is 36.2 Å². The molecule has 3 aromatic rings. The first-order valence-electron chi connectivity index (χ1n) is 9.51. The molecule has 0 atom stereocenters. The maximum absolute atomic E-state index is 12.1. The predicted octanol–water partition coefficient (Wildman–Crippen LogP) is 2.52. The monoisotopic (exact) mass is 412 g/mol. The van der Waals surface area contributed by atoms with Crippen LogP contribution in [0.5, 0.6) is 0 Å². The lowest BCUT2D eigenvalue weighted by molar-refractivity contribution is 0.122. The zero-order valence-electron chi connectivity index (χ0n) is 16.6. The quantitative estimate of drug-likeness (QED) is 0.641. The first kappa shape index (κ1) is 19.8. The summed E-state index contributed by atoms with van der Waals surface area (Å²) in [6.45, 7) is 3.04. The molecule has 8 heteroatoms. The van der Waals surface area contributed by atoms with Crippen LogP contribution in [0.25, 0.3) is 22.2 Å². The first-order chi connectivity index (χ1) is 13.9. The van der Waals surface area contributed by atoms with Crippen molar-refractivity contribution >= 4 is 26.9 Å². The number of nitrogens with zero attached hydrogens (tertiary/aromatic N) is 4. The summed E-state index contributed by atoms with van der Waals surface area (Å²) in [6, 6.07) is 13.6. The summed E-state index contributed by atoms with van der Waals surface area (Å²) in [5, 5.41) is 0. The van der Waals surface area contributed by atoms with E-state index in [9.17, 15) is 8.42 Å². The van der Waals surface area contributed by atoms with Gasteiger partial charge < -0.3 is 9.64 Å². The number of benzene rings is 2. The second kappa shape index (κ2) is 8.06. The van der Waals surface area contributed by atoms with Crippen LogP contribution < -0.4 is 4.90 Å². The van der Waals surface area contributed by atoms with Crippen LogP contribution in [-0.2, 0) is 20.5 Å². The lowest BCUT2D eigenvalue weighted by Gasteiger charge is -2.27. The van der Waals surface area contributed by atoms with E-state index in [-0.39, 0.29) is 5.75 Å². The molecule has 0 radical (unpaired) electrons. The van der Waals surface area contributed by atoms with Crippen molar-refractivity contribution in [1.29, 1.82) is 0 Å². The zero-order valence-corrected chi connectivity index (χ0v) is 17.4. The highest BCUT2D eigenvalue weighted by Crippen LogP contribution is 2.25. The first-order valence-corrected chi connectivity index (χ1v) is 11.1. The van der Waals surface area contributed by atoms with Crippen molar-refractivity contribution in [3.63, 3.8) is 0 Å². The predicted molar refractivity (Wildman–Crippen MR) is 114 cm³/mol. The number of morpholine rings is 1. The molecule has 29 heavy (non-hydrogen) atoms. The number of anilines is 1. The minimum Gasteiger partial charge on any atom is -0.378 e. The van der Waals surface area contributed by atoms with Gasteiger partial charge in [0, 0.05) is 27.2 Å². The molecule has 0 saturated carbocycles. The summed E-state index contributed by atoms with van der Waals surface area (Å²) in [7, 11) is -0.178. The SMILES string of the molecule is CN(C)S(=O)(=O)Cc1ccc(-c2ccc3ncc(N4CCOCC4)nc3c2)cc1. The van der Waals surface area contributed by atoms with Crippen molar-refractivity contribution in [2.75, 3.05) is 45.3 Å². The van der Waals surface area contributed by atoms with E-state index in [1.165, 1.54) is 4.31 Å². The van der Waals surface area contributed by atoms with Crippen LogP contribution in [0.2, 0.25) is 0 Å². The molecule has 0 bridgehead atoms. The highest BCUT2D eigenvalue weighted by molar-refractivity contribution is 7.88. The van der Waals surface area contributed by atoms with Crippen molar-refractivity contribution in [3.8, 4) is 11.1 Å². The molecular formula is C21H24N4O3S. The molecule has 1 aliphatic rings. The molecule has 2 aromatic carbocycles. The number of hydrogen-bond donors (Lipinski definition) is 0. The molecule has 0 unspecified atom stereocenters. The topological polar surface area (TPSA) is 75.6 Å². The van der Waals surface area contributed by atoms with Gasteiger partial charge in [-0.1, -0.05) is 30.3 Å². The average Bonchev–Trinajstić information content (AvgIpc) is 2.74. The maximum Gasteiger partial charge on any atom is 0.217 e. The van der Waals surface area contributed by atoms with Gasteiger partial charge in [0.1, 0.15) is 5.82 Å². The Kier molecular flexibility index (Phi) is 5.49. The van der Waals surface area contributed by atoms with Crippen LogP contribution in [0.15, 0.2) is 48.7 Å². The fourth-order valence-corrected chi connectivity index (χ4v) is 4.13. The summed E-state index contributed by atoms with van der Waals surface area (Å²) < 4.78 is 30.8. The largest absolute Gasteiger partial charge is 0.378 e. The fourth-order valence-electron chi connectivity index (χ4n) is 3.26. The number of hydrogen-bond acceptors (Lipinski definition) is 6. The Morgan fingerprint density at radius 2 is 1.69 bits per heavy atom. The van der Waals surface area contributed by atoms with Crippen LogP contribution in [0.3, 0.4) is 0 Å². The standard InChI is InChI=1S/C21H24N4O3S/c1-24(2)29(26,27)15-16-3-5-17(6-4-16)18-7-8-19-20(13-18)23-21(14-22-19)25-9-11-28-12-10-25/h3-8,13-14H,9-12,15H2,1-2H3. The van der Waals surface area contributed by atoms with E-state index in [2.05, 4.69) is 9.88 Å². The summed E-state index contributed by atoms with van der Waals surface area (Å²) in [6.07, 6.45) is 1.81. The van der Waals surface area contributed by atoms with E-state index in [0.717, 1.165) is 46.6 Å². The van der Waals surface area contributed by atoms with Crippen molar-refractivity contribution in [3.05, 3.63) is 54.2 Å². The lowest BCUT2D eigenvalue weighted by atomic mass is 10.0. The molecule has 1 saturated heterocycles. The number of rotatable bonds is 5. The summed E-state index contributed by atoms with van der Waals surface area (Å²) >= 11 is 0. The molecule has 0 N–H and O–H groups in total. The number of ether oxygens (including phenoxy) is 1. The normalized spacial score (nSPS) is 15.2. The Morgan fingerprint density at radius 3 is 2.38 bits per heavy atom. The van der Waals surface area contributed by atoms with E-state index >= 15 is 0 Å². The Labute approximate surface area is 171 Å². The van der Waals surface area contributed by atoms with Crippen LogP contribution in [0.1, 0.15) is 5.56 Å². The minimum atomic E-state index is -3.27. The molecule has 152 valence electrons. The Morgan fingerprint density at radius 1 is 1.00 bits per heavy atom. The van der Waals surface area contributed by atoms with Gasteiger partial charge in [-0.05, 0) is 28.8 Å². The third kappa shape index (κ3) is 4.39. The molecule has 2 heterocycles. The minimum absolute atomic E-state index is 0.00755. The molecule has 0 aliphatic carbocycles. The Balaban J connectivity index is 1.60. The third-order valence-electron chi connectivity index (χ3n) is 5.06. The van der Waals surface area contributed by atoms with Crippen molar-refractivity contribution in [1.82, 2.24) is 14.3 Å². The molecule has 7 nitrogen and oxygen atoms in total. The van der Waals surface area contributed by atoms with E-state index in [1.807, 2.05) is 48.7 Å². The third-order valence-corrected chi connectivity index (χ3v) is 6.87. The maximum atomic E-state index is 12.1. The van der Waals surface area contributed by atoms with Gasteiger partial charge in [0.2, 0.25) is 10.0 Å². The molecule has 0 amide bonds. The highest BCUT2D eigenvalue weighted by Gasteiger charge is 2.15. The summed E-state index contributed by atoms with van der Waals surface area (Å²) in [5.74, 6) is 0.856.